The van der Waals surface area contributed by atoms with Gasteiger partial charge in [0.2, 0.25) is 0 Å². The van der Waals surface area contributed by atoms with Crippen LogP contribution >= 0.6 is 0 Å². The molecule has 0 unspecified atom stereocenters. The van der Waals surface area contributed by atoms with Crippen LogP contribution in [0.1, 0.15) is 18.4 Å². The Morgan fingerprint density at radius 3 is 2.79 bits per heavy atom. The summed E-state index contributed by atoms with van der Waals surface area (Å²) in [5.74, 6) is 0.671. The molecule has 1 amide bonds. The van der Waals surface area contributed by atoms with E-state index in [1.165, 1.54) is 17.7 Å². The van der Waals surface area contributed by atoms with Crippen LogP contribution in [0.25, 0.3) is 10.8 Å². The number of hydrogen-bond acceptors (Lipinski definition) is 3. The Morgan fingerprint density at radius 2 is 1.82 bits per heavy atom. The molecule has 4 heteroatoms. The predicted octanol–water partition coefficient (Wildman–Crippen LogP) is 4.18. The second-order valence-electron chi connectivity index (χ2n) is 7.19. The number of ether oxygens (including phenoxy) is 1. The average molecular weight is 374 g/mol. The van der Waals surface area contributed by atoms with Crippen molar-refractivity contribution in [2.75, 3.05) is 31.1 Å². The minimum Gasteiger partial charge on any atom is -0.483 e. The fraction of sp³-hybridized carbons (Fsp3) is 0.292. The van der Waals surface area contributed by atoms with Crippen molar-refractivity contribution in [1.29, 1.82) is 0 Å². The second-order valence-corrected chi connectivity index (χ2v) is 7.19. The van der Waals surface area contributed by atoms with Gasteiger partial charge in [0.1, 0.15) is 5.75 Å². The third kappa shape index (κ3) is 4.28. The third-order valence-corrected chi connectivity index (χ3v) is 5.24. The Hall–Kier alpha value is -3.01. The zero-order chi connectivity index (χ0) is 19.2. The van der Waals surface area contributed by atoms with Gasteiger partial charge < -0.3 is 15.0 Å². The molecule has 1 aliphatic rings. The SMILES string of the molecule is O=C(COc1cccc2ccccc12)NCCCN1CCCc2ccccc21. The number of para-hydroxylation sites is 1. The molecule has 0 fully saturated rings. The van der Waals surface area contributed by atoms with Crippen LogP contribution in [0.15, 0.2) is 66.7 Å². The van der Waals surface area contributed by atoms with Gasteiger partial charge >= 0.3 is 0 Å². The van der Waals surface area contributed by atoms with Crippen LogP contribution in [0.4, 0.5) is 5.69 Å². The number of rotatable bonds is 7. The van der Waals surface area contributed by atoms with Crippen molar-refractivity contribution >= 4 is 22.4 Å². The van der Waals surface area contributed by atoms with E-state index in [1.807, 2.05) is 42.5 Å². The van der Waals surface area contributed by atoms with Gasteiger partial charge in [-0.05, 0) is 42.3 Å². The molecule has 0 saturated heterocycles. The van der Waals surface area contributed by atoms with Gasteiger partial charge in [0.15, 0.2) is 6.61 Å². The van der Waals surface area contributed by atoms with Crippen LogP contribution in [0.2, 0.25) is 0 Å². The predicted molar refractivity (Wildman–Crippen MR) is 114 cm³/mol. The van der Waals surface area contributed by atoms with Crippen LogP contribution in [-0.2, 0) is 11.2 Å². The Morgan fingerprint density at radius 1 is 1.00 bits per heavy atom. The number of aryl methyl sites for hydroxylation is 1. The number of carbonyl (C=O) groups is 1. The summed E-state index contributed by atoms with van der Waals surface area (Å²) in [6.07, 6.45) is 3.28. The Bertz CT molecular complexity index is 949. The van der Waals surface area contributed by atoms with Gasteiger partial charge in [-0.3, -0.25) is 4.79 Å². The highest BCUT2D eigenvalue weighted by Gasteiger charge is 2.15. The summed E-state index contributed by atoms with van der Waals surface area (Å²) in [6.45, 7) is 2.76. The van der Waals surface area contributed by atoms with E-state index in [9.17, 15) is 4.79 Å². The van der Waals surface area contributed by atoms with Crippen LogP contribution in [0, 0.1) is 0 Å². The number of amides is 1. The van der Waals surface area contributed by atoms with E-state index in [2.05, 4.69) is 34.5 Å². The summed E-state index contributed by atoms with van der Waals surface area (Å²) in [7, 11) is 0. The molecule has 3 aromatic rings. The molecule has 0 radical (unpaired) electrons. The molecule has 1 N–H and O–H groups in total. The molecule has 4 rings (SSSR count). The number of nitrogens with zero attached hydrogens (tertiary/aromatic N) is 1. The number of benzene rings is 3. The molecule has 144 valence electrons. The molecule has 4 nitrogen and oxygen atoms in total. The molecule has 1 aliphatic heterocycles. The second kappa shape index (κ2) is 8.79. The maximum atomic E-state index is 12.2. The molecule has 28 heavy (non-hydrogen) atoms. The molecule has 0 spiro atoms. The van der Waals surface area contributed by atoms with Gasteiger partial charge in [-0.2, -0.15) is 0 Å². The first-order valence-electron chi connectivity index (χ1n) is 10.0. The number of hydrogen-bond donors (Lipinski definition) is 1. The van der Waals surface area contributed by atoms with Crippen molar-refractivity contribution in [1.82, 2.24) is 5.32 Å². The topological polar surface area (TPSA) is 41.6 Å². The Kier molecular flexibility index (Phi) is 5.76. The fourth-order valence-electron chi connectivity index (χ4n) is 3.86. The number of carbonyl (C=O) groups excluding carboxylic acids is 1. The lowest BCUT2D eigenvalue weighted by Crippen LogP contribution is -2.34. The van der Waals surface area contributed by atoms with Crippen LogP contribution in [0.5, 0.6) is 5.75 Å². The van der Waals surface area contributed by atoms with Gasteiger partial charge in [-0.25, -0.2) is 0 Å². The summed E-state index contributed by atoms with van der Waals surface area (Å²) >= 11 is 0. The minimum atomic E-state index is -0.0769. The van der Waals surface area contributed by atoms with E-state index in [0.29, 0.717) is 6.54 Å². The fourth-order valence-corrected chi connectivity index (χ4v) is 3.86. The molecule has 0 bridgehead atoms. The lowest BCUT2D eigenvalue weighted by atomic mass is 10.0. The third-order valence-electron chi connectivity index (χ3n) is 5.24. The van der Waals surface area contributed by atoms with Crippen molar-refractivity contribution in [3.05, 3.63) is 72.3 Å². The standard InChI is InChI=1S/C24H26N2O2/c27-24(18-28-23-14-5-10-19-8-1-3-12-21(19)23)25-15-7-17-26-16-6-11-20-9-2-4-13-22(20)26/h1-5,8-10,12-14H,6-7,11,15-18H2,(H,25,27). The van der Waals surface area contributed by atoms with Gasteiger partial charge in [-0.15, -0.1) is 0 Å². The zero-order valence-corrected chi connectivity index (χ0v) is 16.1. The highest BCUT2D eigenvalue weighted by Crippen LogP contribution is 2.26. The number of fused-ring (bicyclic) bond motifs is 2. The van der Waals surface area contributed by atoms with E-state index >= 15 is 0 Å². The smallest absolute Gasteiger partial charge is 0.257 e. The lowest BCUT2D eigenvalue weighted by molar-refractivity contribution is -0.123. The molecule has 1 heterocycles. The molecule has 0 atom stereocenters. The largest absolute Gasteiger partial charge is 0.483 e. The van der Waals surface area contributed by atoms with Crippen molar-refractivity contribution < 1.29 is 9.53 Å². The summed E-state index contributed by atoms with van der Waals surface area (Å²) in [5, 5.41) is 5.12. The molecule has 0 aromatic heterocycles. The zero-order valence-electron chi connectivity index (χ0n) is 16.1. The van der Waals surface area contributed by atoms with Crippen LogP contribution in [-0.4, -0.2) is 32.1 Å². The van der Waals surface area contributed by atoms with Gasteiger partial charge in [0.25, 0.3) is 5.91 Å². The normalized spacial score (nSPS) is 13.2. The maximum Gasteiger partial charge on any atom is 0.257 e. The maximum absolute atomic E-state index is 12.2. The lowest BCUT2D eigenvalue weighted by Gasteiger charge is -2.31. The summed E-state index contributed by atoms with van der Waals surface area (Å²) in [6, 6.07) is 22.6. The Balaban J connectivity index is 1.22. The summed E-state index contributed by atoms with van der Waals surface area (Å²) < 4.78 is 5.75. The van der Waals surface area contributed by atoms with Crippen LogP contribution < -0.4 is 15.0 Å². The molecular formula is C24H26N2O2. The molecule has 3 aromatic carbocycles. The van der Waals surface area contributed by atoms with Gasteiger partial charge in [0.05, 0.1) is 0 Å². The van der Waals surface area contributed by atoms with E-state index in [-0.39, 0.29) is 12.5 Å². The highest BCUT2D eigenvalue weighted by atomic mass is 16.5. The van der Waals surface area contributed by atoms with E-state index < -0.39 is 0 Å². The first-order chi connectivity index (χ1) is 13.8. The van der Waals surface area contributed by atoms with E-state index in [1.54, 1.807) is 0 Å². The average Bonchev–Trinajstić information content (AvgIpc) is 2.75. The van der Waals surface area contributed by atoms with Crippen molar-refractivity contribution in [3.63, 3.8) is 0 Å². The summed E-state index contributed by atoms with van der Waals surface area (Å²) in [5.41, 5.74) is 2.78. The minimum absolute atomic E-state index is 0.0422. The first-order valence-corrected chi connectivity index (χ1v) is 10.0. The number of nitrogens with one attached hydrogen (secondary N) is 1. The van der Waals surface area contributed by atoms with Crippen LogP contribution in [0.3, 0.4) is 0 Å². The van der Waals surface area contributed by atoms with E-state index in [4.69, 9.17) is 4.74 Å². The van der Waals surface area contributed by atoms with Crippen molar-refractivity contribution in [2.24, 2.45) is 0 Å². The van der Waals surface area contributed by atoms with Gasteiger partial charge in [-0.1, -0.05) is 54.6 Å². The number of anilines is 1. The quantitative estimate of drug-likeness (QED) is 0.631. The molecule has 0 aliphatic carbocycles. The Labute approximate surface area is 166 Å². The van der Waals surface area contributed by atoms with Crippen molar-refractivity contribution in [2.45, 2.75) is 19.3 Å². The van der Waals surface area contributed by atoms with Crippen molar-refractivity contribution in [3.8, 4) is 5.75 Å². The van der Waals surface area contributed by atoms with E-state index in [0.717, 1.165) is 42.5 Å². The highest BCUT2D eigenvalue weighted by molar-refractivity contribution is 5.88. The first kappa shape index (κ1) is 18.4. The molecule has 0 saturated carbocycles. The summed E-state index contributed by atoms with van der Waals surface area (Å²) in [4.78, 5) is 14.6. The molecular weight excluding hydrogens is 348 g/mol. The van der Waals surface area contributed by atoms with Gasteiger partial charge in [0, 0.05) is 30.7 Å². The monoisotopic (exact) mass is 374 g/mol.